The third-order valence-electron chi connectivity index (χ3n) is 6.30. The Bertz CT molecular complexity index is 995. The van der Waals surface area contributed by atoms with Gasteiger partial charge < -0.3 is 9.42 Å². The van der Waals surface area contributed by atoms with Crippen molar-refractivity contribution in [3.8, 4) is 0 Å². The van der Waals surface area contributed by atoms with Crippen LogP contribution in [0.5, 0.6) is 0 Å². The maximum absolute atomic E-state index is 12.7. The molecule has 1 amide bonds. The van der Waals surface area contributed by atoms with Crippen LogP contribution in [0, 0.1) is 0 Å². The van der Waals surface area contributed by atoms with Crippen molar-refractivity contribution in [1.29, 1.82) is 0 Å². The zero-order valence-corrected chi connectivity index (χ0v) is 19.9. The van der Waals surface area contributed by atoms with E-state index in [1.807, 2.05) is 35.2 Å². The van der Waals surface area contributed by atoms with Crippen molar-refractivity contribution in [2.24, 2.45) is 0 Å². The summed E-state index contributed by atoms with van der Waals surface area (Å²) in [5.74, 6) is 1.24. The molecule has 2 saturated heterocycles. The van der Waals surface area contributed by atoms with Gasteiger partial charge in [-0.2, -0.15) is 9.29 Å². The molecule has 2 aliphatic heterocycles. The lowest BCUT2D eigenvalue weighted by Gasteiger charge is -2.33. The molecule has 0 spiro atoms. The number of likely N-dealkylation sites (tertiary alicyclic amines) is 1. The summed E-state index contributed by atoms with van der Waals surface area (Å²) in [6, 6.07) is 9.26. The molecule has 2 fully saturated rings. The third-order valence-corrected chi connectivity index (χ3v) is 8.15. The first-order chi connectivity index (χ1) is 16.0. The second-order valence-electron chi connectivity index (χ2n) is 8.82. The highest BCUT2D eigenvalue weighted by Crippen LogP contribution is 2.15. The first-order valence-electron chi connectivity index (χ1n) is 11.8. The van der Waals surface area contributed by atoms with Gasteiger partial charge in [0.1, 0.15) is 0 Å². The third kappa shape index (κ3) is 6.84. The first kappa shape index (κ1) is 23.8. The number of sulfonamides is 1. The van der Waals surface area contributed by atoms with E-state index < -0.39 is 10.0 Å². The molecular weight excluding hydrogens is 442 g/mol. The Hall–Kier alpha value is -2.30. The number of carbonyl (C=O) groups is 1. The molecule has 0 unspecified atom stereocenters. The second-order valence-corrected chi connectivity index (χ2v) is 10.8. The monoisotopic (exact) mass is 475 g/mol. The largest absolute Gasteiger partial charge is 0.343 e. The molecule has 2 aromatic rings. The maximum atomic E-state index is 12.7. The highest BCUT2D eigenvalue weighted by atomic mass is 32.2. The van der Waals surface area contributed by atoms with Gasteiger partial charge in [0.15, 0.2) is 5.82 Å². The van der Waals surface area contributed by atoms with Crippen LogP contribution in [0.1, 0.15) is 49.4 Å². The minimum atomic E-state index is -3.33. The van der Waals surface area contributed by atoms with E-state index in [0.717, 1.165) is 31.5 Å². The predicted octanol–water partition coefficient (Wildman–Crippen LogP) is 2.05. The molecule has 10 heteroatoms. The number of aryl methyl sites for hydroxylation is 1. The molecule has 2 aliphatic rings. The van der Waals surface area contributed by atoms with Gasteiger partial charge in [-0.15, -0.1) is 0 Å². The fourth-order valence-corrected chi connectivity index (χ4v) is 5.91. The minimum Gasteiger partial charge on any atom is -0.343 e. The van der Waals surface area contributed by atoms with Crippen LogP contribution in [0.3, 0.4) is 0 Å². The van der Waals surface area contributed by atoms with Crippen molar-refractivity contribution in [2.45, 2.75) is 50.8 Å². The zero-order valence-electron chi connectivity index (χ0n) is 19.1. The topological polar surface area (TPSA) is 99.9 Å². The number of amides is 1. The molecule has 0 saturated carbocycles. The van der Waals surface area contributed by atoms with Crippen LogP contribution in [-0.2, 0) is 33.5 Å². The lowest BCUT2D eigenvalue weighted by atomic mass is 10.2. The summed E-state index contributed by atoms with van der Waals surface area (Å²) in [4.78, 5) is 21.0. The van der Waals surface area contributed by atoms with E-state index in [2.05, 4.69) is 15.0 Å². The summed E-state index contributed by atoms with van der Waals surface area (Å²) in [6.45, 7) is 4.34. The SMILES string of the molecule is O=C(CCc1nc(CN2CCN(S(=O)(=O)Cc3ccccc3)CC2)no1)N1CCCCCC1. The Kier molecular flexibility index (Phi) is 8.11. The van der Waals surface area contributed by atoms with Crippen molar-refractivity contribution in [1.82, 2.24) is 24.2 Å². The molecule has 0 bridgehead atoms. The summed E-state index contributed by atoms with van der Waals surface area (Å²) >= 11 is 0. The van der Waals surface area contributed by atoms with Gasteiger partial charge >= 0.3 is 0 Å². The van der Waals surface area contributed by atoms with Crippen molar-refractivity contribution < 1.29 is 17.7 Å². The van der Waals surface area contributed by atoms with E-state index >= 15 is 0 Å². The number of rotatable bonds is 8. The Morgan fingerprint density at radius 2 is 1.64 bits per heavy atom. The Balaban J connectivity index is 1.21. The fraction of sp³-hybridized carbons (Fsp3) is 0.609. The molecule has 9 nitrogen and oxygen atoms in total. The molecule has 0 aliphatic carbocycles. The number of aromatic nitrogens is 2. The van der Waals surface area contributed by atoms with E-state index in [4.69, 9.17) is 4.52 Å². The molecule has 3 heterocycles. The zero-order chi connectivity index (χ0) is 23.1. The summed E-state index contributed by atoms with van der Waals surface area (Å²) in [5.41, 5.74) is 0.800. The molecule has 1 aromatic carbocycles. The smallest absolute Gasteiger partial charge is 0.227 e. The van der Waals surface area contributed by atoms with Crippen LogP contribution in [0.25, 0.3) is 0 Å². The van der Waals surface area contributed by atoms with Gasteiger partial charge in [0, 0.05) is 52.1 Å². The molecule has 0 N–H and O–H groups in total. The van der Waals surface area contributed by atoms with Gasteiger partial charge in [-0.05, 0) is 18.4 Å². The van der Waals surface area contributed by atoms with Gasteiger partial charge in [-0.25, -0.2) is 8.42 Å². The average molecular weight is 476 g/mol. The first-order valence-corrected chi connectivity index (χ1v) is 13.4. The van der Waals surface area contributed by atoms with E-state index in [0.29, 0.717) is 57.3 Å². The molecule has 4 rings (SSSR count). The van der Waals surface area contributed by atoms with Gasteiger partial charge in [0.2, 0.25) is 21.8 Å². The molecule has 1 aromatic heterocycles. The van der Waals surface area contributed by atoms with E-state index in [1.54, 1.807) is 4.31 Å². The molecule has 0 atom stereocenters. The fourth-order valence-electron chi connectivity index (χ4n) is 4.39. The predicted molar refractivity (Wildman–Crippen MR) is 124 cm³/mol. The van der Waals surface area contributed by atoms with Crippen LogP contribution in [0.15, 0.2) is 34.9 Å². The highest BCUT2D eigenvalue weighted by Gasteiger charge is 2.27. The standard InChI is InChI=1S/C23H33N5O4S/c29-23(27-12-6-1-2-7-13-27)11-10-22-24-21(25-32-22)18-26-14-16-28(17-15-26)33(30,31)19-20-8-4-3-5-9-20/h3-5,8-9H,1-2,6-7,10-19H2. The van der Waals surface area contributed by atoms with Gasteiger partial charge in [0.05, 0.1) is 12.3 Å². The minimum absolute atomic E-state index is 0.0260. The normalized spacial score (nSPS) is 18.8. The van der Waals surface area contributed by atoms with Gasteiger partial charge in [-0.3, -0.25) is 9.69 Å². The van der Waals surface area contributed by atoms with E-state index in [1.165, 1.54) is 12.8 Å². The number of piperazine rings is 1. The summed E-state index contributed by atoms with van der Waals surface area (Å²) in [7, 11) is -3.33. The van der Waals surface area contributed by atoms with Gasteiger partial charge in [0.25, 0.3) is 0 Å². The molecule has 0 radical (unpaired) electrons. The van der Waals surface area contributed by atoms with Crippen molar-refractivity contribution in [3.05, 3.63) is 47.6 Å². The van der Waals surface area contributed by atoms with Crippen LogP contribution in [-0.4, -0.2) is 77.8 Å². The summed E-state index contributed by atoms with van der Waals surface area (Å²) < 4.78 is 32.3. The average Bonchev–Trinajstić information content (AvgIpc) is 3.08. The quantitative estimate of drug-likeness (QED) is 0.576. The van der Waals surface area contributed by atoms with Gasteiger partial charge in [-0.1, -0.05) is 48.3 Å². The number of carbonyl (C=O) groups excluding carboxylic acids is 1. The van der Waals surface area contributed by atoms with Crippen LogP contribution in [0.2, 0.25) is 0 Å². The van der Waals surface area contributed by atoms with Crippen molar-refractivity contribution in [3.63, 3.8) is 0 Å². The lowest BCUT2D eigenvalue weighted by molar-refractivity contribution is -0.131. The van der Waals surface area contributed by atoms with Crippen molar-refractivity contribution >= 4 is 15.9 Å². The molecular formula is C23H33N5O4S. The van der Waals surface area contributed by atoms with Crippen LogP contribution >= 0.6 is 0 Å². The number of benzene rings is 1. The maximum Gasteiger partial charge on any atom is 0.227 e. The number of hydrogen-bond donors (Lipinski definition) is 0. The van der Waals surface area contributed by atoms with Crippen LogP contribution in [0.4, 0.5) is 0 Å². The van der Waals surface area contributed by atoms with Crippen LogP contribution < -0.4 is 0 Å². The molecule has 180 valence electrons. The summed E-state index contributed by atoms with van der Waals surface area (Å²) in [6.07, 6.45) is 5.40. The summed E-state index contributed by atoms with van der Waals surface area (Å²) in [5, 5.41) is 4.05. The number of hydrogen-bond acceptors (Lipinski definition) is 7. The second kappa shape index (κ2) is 11.2. The highest BCUT2D eigenvalue weighted by molar-refractivity contribution is 7.88. The van der Waals surface area contributed by atoms with E-state index in [9.17, 15) is 13.2 Å². The molecule has 33 heavy (non-hydrogen) atoms. The lowest BCUT2D eigenvalue weighted by Crippen LogP contribution is -2.48. The van der Waals surface area contributed by atoms with E-state index in [-0.39, 0.29) is 11.7 Å². The number of nitrogens with zero attached hydrogens (tertiary/aromatic N) is 5. The Labute approximate surface area is 195 Å². The van der Waals surface area contributed by atoms with Crippen molar-refractivity contribution in [2.75, 3.05) is 39.3 Å². The Morgan fingerprint density at radius 3 is 2.33 bits per heavy atom. The Morgan fingerprint density at radius 1 is 0.939 bits per heavy atom.